The van der Waals surface area contributed by atoms with Crippen molar-refractivity contribution in [2.75, 3.05) is 17.1 Å². The quantitative estimate of drug-likeness (QED) is 0.649. The number of carbonyl (C=O) groups is 1. The highest BCUT2D eigenvalue weighted by Gasteiger charge is 2.17. The Morgan fingerprint density at radius 3 is 2.78 bits per heavy atom. The van der Waals surface area contributed by atoms with Crippen LogP contribution in [0.2, 0.25) is 0 Å². The summed E-state index contributed by atoms with van der Waals surface area (Å²) in [6.07, 6.45) is 1.36. The van der Waals surface area contributed by atoms with Crippen LogP contribution in [0.5, 0.6) is 0 Å². The second-order valence-corrected chi connectivity index (χ2v) is 5.97. The predicted molar refractivity (Wildman–Crippen MR) is 70.7 cm³/mol. The Labute approximate surface area is 114 Å². The smallest absolute Gasteiger partial charge is 0.323 e. The van der Waals surface area contributed by atoms with E-state index in [0.29, 0.717) is 10.3 Å². The van der Waals surface area contributed by atoms with Gasteiger partial charge in [-0.2, -0.15) is 0 Å². The van der Waals surface area contributed by atoms with Crippen molar-refractivity contribution in [1.29, 1.82) is 0 Å². The summed E-state index contributed by atoms with van der Waals surface area (Å²) in [5, 5.41) is 0. The van der Waals surface area contributed by atoms with E-state index in [2.05, 4.69) is 30.4 Å². The summed E-state index contributed by atoms with van der Waals surface area (Å²) in [4.78, 5) is 15.1. The fourth-order valence-corrected chi connectivity index (χ4v) is 2.34. The van der Waals surface area contributed by atoms with Crippen LogP contribution in [0.3, 0.4) is 0 Å². The molecule has 0 fully saturated rings. The van der Waals surface area contributed by atoms with Gasteiger partial charge in [-0.05, 0) is 41.4 Å². The van der Waals surface area contributed by atoms with Crippen LogP contribution in [0.1, 0.15) is 12.5 Å². The van der Waals surface area contributed by atoms with Gasteiger partial charge in [0.15, 0.2) is 5.75 Å². The van der Waals surface area contributed by atoms with E-state index >= 15 is 0 Å². The van der Waals surface area contributed by atoms with Crippen molar-refractivity contribution in [3.05, 3.63) is 22.4 Å². The summed E-state index contributed by atoms with van der Waals surface area (Å²) in [6.45, 7) is 3.54. The van der Waals surface area contributed by atoms with Gasteiger partial charge in [0.05, 0.1) is 18.5 Å². The number of nitrogens with one attached hydrogen (secondary N) is 1. The Hall–Kier alpha value is -1.15. The topological polar surface area (TPSA) is 85.4 Å². The van der Waals surface area contributed by atoms with Gasteiger partial charge in [0.1, 0.15) is 4.60 Å². The van der Waals surface area contributed by atoms with Crippen molar-refractivity contribution in [3.63, 3.8) is 0 Å². The first-order valence-corrected chi connectivity index (χ1v) is 7.57. The first kappa shape index (κ1) is 14.9. The second-order valence-electron chi connectivity index (χ2n) is 3.50. The van der Waals surface area contributed by atoms with Crippen molar-refractivity contribution < 1.29 is 17.9 Å². The van der Waals surface area contributed by atoms with Crippen LogP contribution < -0.4 is 4.72 Å². The standard InChI is InChI=1S/C10H13BrN2O4S/c1-3-17-9(14)6-18(15,16)13-8-4-7(2)10(11)12-5-8/h4-5,13H,3,6H2,1-2H3. The van der Waals surface area contributed by atoms with Gasteiger partial charge in [-0.3, -0.25) is 9.52 Å². The first-order chi connectivity index (χ1) is 8.34. The molecule has 0 aromatic carbocycles. The lowest BCUT2D eigenvalue weighted by molar-refractivity contribution is -0.139. The number of halogens is 1. The maximum absolute atomic E-state index is 11.6. The van der Waals surface area contributed by atoms with Crippen LogP contribution in [-0.4, -0.2) is 31.7 Å². The molecule has 0 atom stereocenters. The number of sulfonamides is 1. The molecule has 6 nitrogen and oxygen atoms in total. The SMILES string of the molecule is CCOC(=O)CS(=O)(=O)Nc1cnc(Br)c(C)c1. The molecule has 0 saturated carbocycles. The van der Waals surface area contributed by atoms with E-state index in [0.717, 1.165) is 5.56 Å². The van der Waals surface area contributed by atoms with Crippen molar-refractivity contribution in [3.8, 4) is 0 Å². The summed E-state index contributed by atoms with van der Waals surface area (Å²) in [5.41, 5.74) is 1.09. The zero-order valence-corrected chi connectivity index (χ0v) is 12.3. The monoisotopic (exact) mass is 336 g/mol. The Bertz CT molecular complexity index is 545. The van der Waals surface area contributed by atoms with Crippen molar-refractivity contribution in [1.82, 2.24) is 4.98 Å². The molecule has 0 radical (unpaired) electrons. The van der Waals surface area contributed by atoms with Crippen LogP contribution >= 0.6 is 15.9 Å². The molecule has 1 rings (SSSR count). The minimum absolute atomic E-state index is 0.146. The van der Waals surface area contributed by atoms with Gasteiger partial charge in [0.25, 0.3) is 0 Å². The van der Waals surface area contributed by atoms with E-state index in [9.17, 15) is 13.2 Å². The first-order valence-electron chi connectivity index (χ1n) is 5.12. The van der Waals surface area contributed by atoms with E-state index in [-0.39, 0.29) is 6.61 Å². The maximum atomic E-state index is 11.6. The third-order valence-electron chi connectivity index (χ3n) is 1.90. The normalized spacial score (nSPS) is 11.1. The van der Waals surface area contributed by atoms with Gasteiger partial charge < -0.3 is 4.74 Å². The number of rotatable bonds is 5. The summed E-state index contributed by atoms with van der Waals surface area (Å²) < 4.78 is 30.7. The molecule has 0 aliphatic heterocycles. The third kappa shape index (κ3) is 4.61. The summed E-state index contributed by atoms with van der Waals surface area (Å²) in [7, 11) is -3.77. The van der Waals surface area contributed by atoms with Gasteiger partial charge >= 0.3 is 5.97 Å². The molecule has 1 aromatic heterocycles. The van der Waals surface area contributed by atoms with Crippen LogP contribution in [0.25, 0.3) is 0 Å². The molecule has 0 unspecified atom stereocenters. The molecule has 0 saturated heterocycles. The second kappa shape index (κ2) is 6.14. The molecule has 100 valence electrons. The van der Waals surface area contributed by atoms with E-state index in [4.69, 9.17) is 0 Å². The molecule has 18 heavy (non-hydrogen) atoms. The third-order valence-corrected chi connectivity index (χ3v) is 3.89. The number of pyridine rings is 1. The summed E-state index contributed by atoms with van der Waals surface area (Å²) in [5.74, 6) is -1.50. The van der Waals surface area contributed by atoms with Gasteiger partial charge in [0, 0.05) is 0 Å². The molecule has 0 amide bonds. The van der Waals surface area contributed by atoms with Crippen LogP contribution in [0, 0.1) is 6.92 Å². The molecular weight excluding hydrogens is 324 g/mol. The molecule has 1 aromatic rings. The van der Waals surface area contributed by atoms with Crippen LogP contribution in [0.4, 0.5) is 5.69 Å². The van der Waals surface area contributed by atoms with E-state index in [1.54, 1.807) is 19.9 Å². The van der Waals surface area contributed by atoms with Gasteiger partial charge in [-0.1, -0.05) is 0 Å². The summed E-state index contributed by atoms with van der Waals surface area (Å²) >= 11 is 3.21. The Morgan fingerprint density at radius 2 is 2.22 bits per heavy atom. The fraction of sp³-hybridized carbons (Fsp3) is 0.400. The Kier molecular flexibility index (Phi) is 5.09. The lowest BCUT2D eigenvalue weighted by Gasteiger charge is -2.08. The molecular formula is C10H13BrN2O4S. The number of carbonyl (C=O) groups excluding carboxylic acids is 1. The van der Waals surface area contributed by atoms with Gasteiger partial charge in [-0.15, -0.1) is 0 Å². The number of nitrogens with zero attached hydrogens (tertiary/aromatic N) is 1. The molecule has 1 N–H and O–H groups in total. The largest absolute Gasteiger partial charge is 0.465 e. The van der Waals surface area contributed by atoms with Gasteiger partial charge in [0.2, 0.25) is 10.0 Å². The van der Waals surface area contributed by atoms with Crippen LogP contribution in [0.15, 0.2) is 16.9 Å². The fourth-order valence-electron chi connectivity index (χ4n) is 1.19. The average molecular weight is 337 g/mol. The number of aryl methyl sites for hydroxylation is 1. The highest BCUT2D eigenvalue weighted by Crippen LogP contribution is 2.17. The highest BCUT2D eigenvalue weighted by molar-refractivity contribution is 9.10. The Morgan fingerprint density at radius 1 is 1.56 bits per heavy atom. The van der Waals surface area contributed by atoms with E-state index < -0.39 is 21.7 Å². The molecule has 8 heteroatoms. The maximum Gasteiger partial charge on any atom is 0.323 e. The number of anilines is 1. The number of hydrogen-bond acceptors (Lipinski definition) is 5. The predicted octanol–water partition coefficient (Wildman–Crippen LogP) is 1.46. The van der Waals surface area contributed by atoms with E-state index in [1.807, 2.05) is 0 Å². The minimum Gasteiger partial charge on any atom is -0.465 e. The highest BCUT2D eigenvalue weighted by atomic mass is 79.9. The molecule has 0 spiro atoms. The molecule has 1 heterocycles. The number of ether oxygens (including phenoxy) is 1. The number of esters is 1. The lowest BCUT2D eigenvalue weighted by atomic mass is 10.3. The minimum atomic E-state index is -3.77. The zero-order chi connectivity index (χ0) is 13.8. The van der Waals surface area contributed by atoms with Crippen molar-refractivity contribution in [2.24, 2.45) is 0 Å². The van der Waals surface area contributed by atoms with Crippen LogP contribution in [-0.2, 0) is 19.6 Å². The molecule has 0 aliphatic carbocycles. The summed E-state index contributed by atoms with van der Waals surface area (Å²) in [6, 6.07) is 1.61. The zero-order valence-electron chi connectivity index (χ0n) is 9.94. The lowest BCUT2D eigenvalue weighted by Crippen LogP contribution is -2.24. The number of aromatic nitrogens is 1. The van der Waals surface area contributed by atoms with E-state index in [1.165, 1.54) is 6.20 Å². The molecule has 0 bridgehead atoms. The van der Waals surface area contributed by atoms with Gasteiger partial charge in [-0.25, -0.2) is 13.4 Å². The average Bonchev–Trinajstić information content (AvgIpc) is 2.22. The Balaban J connectivity index is 2.76. The molecule has 0 aliphatic rings. The number of hydrogen-bond donors (Lipinski definition) is 1. The van der Waals surface area contributed by atoms with Crippen molar-refractivity contribution in [2.45, 2.75) is 13.8 Å². The van der Waals surface area contributed by atoms with Crippen molar-refractivity contribution >= 4 is 37.6 Å².